The van der Waals surface area contributed by atoms with E-state index in [1.165, 1.54) is 0 Å². The Kier molecular flexibility index (Phi) is 3.52. The Balaban J connectivity index is 2.24. The lowest BCUT2D eigenvalue weighted by molar-refractivity contribution is 0.102. The molecule has 4 nitrogen and oxygen atoms in total. The minimum Gasteiger partial charge on any atom is -0.466 e. The number of rotatable bonds is 2. The van der Waals surface area contributed by atoms with E-state index in [-0.39, 0.29) is 5.91 Å². The Morgan fingerprint density at radius 1 is 1.33 bits per heavy atom. The molecule has 0 bridgehead atoms. The van der Waals surface area contributed by atoms with Crippen molar-refractivity contribution in [3.05, 3.63) is 45.6 Å². The number of pyridine rings is 1. The summed E-state index contributed by atoms with van der Waals surface area (Å²) >= 11 is 3.28. The highest BCUT2D eigenvalue weighted by molar-refractivity contribution is 9.10. The van der Waals surface area contributed by atoms with Crippen molar-refractivity contribution >= 4 is 27.5 Å². The molecule has 2 heterocycles. The fourth-order valence-corrected chi connectivity index (χ4v) is 2.11. The molecule has 18 heavy (non-hydrogen) atoms. The van der Waals surface area contributed by atoms with Crippen molar-refractivity contribution in [2.24, 2.45) is 0 Å². The fourth-order valence-electron chi connectivity index (χ4n) is 1.71. The van der Waals surface area contributed by atoms with E-state index in [1.807, 2.05) is 19.9 Å². The van der Waals surface area contributed by atoms with Gasteiger partial charge in [-0.1, -0.05) is 0 Å². The Labute approximate surface area is 114 Å². The first-order valence-corrected chi connectivity index (χ1v) is 6.28. The van der Waals surface area contributed by atoms with Gasteiger partial charge >= 0.3 is 0 Å². The fraction of sp³-hybridized carbons (Fsp3) is 0.231. The number of carbonyl (C=O) groups excluding carboxylic acids is 1. The second-order valence-corrected chi connectivity index (χ2v) is 4.86. The van der Waals surface area contributed by atoms with Crippen LogP contribution in [0.3, 0.4) is 0 Å². The Hall–Kier alpha value is -1.62. The largest absolute Gasteiger partial charge is 0.466 e. The predicted octanol–water partition coefficient (Wildman–Crippen LogP) is 3.61. The number of halogens is 1. The molecule has 0 aromatic carbocycles. The van der Waals surface area contributed by atoms with E-state index in [0.29, 0.717) is 17.0 Å². The van der Waals surface area contributed by atoms with Gasteiger partial charge in [0.1, 0.15) is 16.1 Å². The number of nitrogens with one attached hydrogen (secondary N) is 1. The van der Waals surface area contributed by atoms with Crippen LogP contribution in [0.25, 0.3) is 0 Å². The van der Waals surface area contributed by atoms with Crippen LogP contribution >= 0.6 is 15.9 Å². The van der Waals surface area contributed by atoms with Gasteiger partial charge in [0.15, 0.2) is 0 Å². The molecular formula is C13H13BrN2O2. The van der Waals surface area contributed by atoms with E-state index in [0.717, 1.165) is 16.1 Å². The van der Waals surface area contributed by atoms with Crippen molar-refractivity contribution in [3.63, 3.8) is 0 Å². The average molecular weight is 309 g/mol. The molecule has 0 aliphatic carbocycles. The van der Waals surface area contributed by atoms with Crippen LogP contribution in [0.5, 0.6) is 0 Å². The van der Waals surface area contributed by atoms with Gasteiger partial charge < -0.3 is 9.73 Å². The van der Waals surface area contributed by atoms with E-state index in [4.69, 9.17) is 4.42 Å². The number of hydrogen-bond donors (Lipinski definition) is 1. The van der Waals surface area contributed by atoms with Crippen molar-refractivity contribution < 1.29 is 9.21 Å². The van der Waals surface area contributed by atoms with Crippen molar-refractivity contribution in [2.75, 3.05) is 5.32 Å². The smallest absolute Gasteiger partial charge is 0.259 e. The minimum absolute atomic E-state index is 0.184. The first-order valence-electron chi connectivity index (χ1n) is 5.49. The van der Waals surface area contributed by atoms with Crippen LogP contribution in [0.1, 0.15) is 27.6 Å². The molecule has 0 saturated heterocycles. The summed E-state index contributed by atoms with van der Waals surface area (Å²) in [6.07, 6.45) is 0. The quantitative estimate of drug-likeness (QED) is 0.862. The normalized spacial score (nSPS) is 10.4. The average Bonchev–Trinajstić information content (AvgIpc) is 2.62. The highest BCUT2D eigenvalue weighted by Crippen LogP contribution is 2.19. The lowest BCUT2D eigenvalue weighted by Gasteiger charge is -2.07. The zero-order valence-electron chi connectivity index (χ0n) is 10.4. The molecule has 1 amide bonds. The SMILES string of the molecule is Cc1cc(C(=O)Nc2ccc(Br)nc2C)c(C)o1. The number of hydrogen-bond acceptors (Lipinski definition) is 3. The standard InChI is InChI=1S/C13H13BrN2O2/c1-7-6-10(9(3)18-7)13(17)16-11-4-5-12(14)15-8(11)2/h4-6H,1-3H3,(H,16,17). The number of carbonyl (C=O) groups is 1. The lowest BCUT2D eigenvalue weighted by Crippen LogP contribution is -2.13. The van der Waals surface area contributed by atoms with Gasteiger partial charge in [-0.05, 0) is 54.9 Å². The molecule has 0 atom stereocenters. The predicted molar refractivity (Wildman–Crippen MR) is 72.8 cm³/mol. The maximum Gasteiger partial charge on any atom is 0.259 e. The van der Waals surface area contributed by atoms with Gasteiger partial charge in [-0.3, -0.25) is 4.79 Å². The van der Waals surface area contributed by atoms with Gasteiger partial charge in [0.25, 0.3) is 5.91 Å². The van der Waals surface area contributed by atoms with Crippen LogP contribution in [0.4, 0.5) is 5.69 Å². The van der Waals surface area contributed by atoms with Crippen LogP contribution in [-0.2, 0) is 0 Å². The summed E-state index contributed by atoms with van der Waals surface area (Å²) in [5, 5.41) is 2.83. The molecule has 0 fully saturated rings. The topological polar surface area (TPSA) is 55.1 Å². The molecule has 2 aromatic rings. The molecule has 0 unspecified atom stereocenters. The second kappa shape index (κ2) is 4.94. The molecule has 2 aromatic heterocycles. The van der Waals surface area contributed by atoms with Gasteiger partial charge in [-0.25, -0.2) is 4.98 Å². The van der Waals surface area contributed by atoms with Crippen molar-refractivity contribution in [2.45, 2.75) is 20.8 Å². The monoisotopic (exact) mass is 308 g/mol. The van der Waals surface area contributed by atoms with Crippen molar-refractivity contribution in [3.8, 4) is 0 Å². The van der Waals surface area contributed by atoms with E-state index in [2.05, 4.69) is 26.2 Å². The number of aromatic nitrogens is 1. The van der Waals surface area contributed by atoms with Crippen molar-refractivity contribution in [1.82, 2.24) is 4.98 Å². The summed E-state index contributed by atoms with van der Waals surface area (Å²) in [6, 6.07) is 5.33. The third-order valence-corrected chi connectivity index (χ3v) is 3.03. The highest BCUT2D eigenvalue weighted by atomic mass is 79.9. The number of anilines is 1. The lowest BCUT2D eigenvalue weighted by atomic mass is 10.2. The van der Waals surface area contributed by atoms with Gasteiger partial charge in [0, 0.05) is 0 Å². The van der Waals surface area contributed by atoms with Gasteiger partial charge in [0.05, 0.1) is 16.9 Å². The maximum absolute atomic E-state index is 12.1. The molecule has 0 aliphatic heterocycles. The molecule has 0 saturated carbocycles. The van der Waals surface area contributed by atoms with Crippen molar-refractivity contribution in [1.29, 1.82) is 0 Å². The molecule has 5 heteroatoms. The molecule has 94 valence electrons. The van der Waals surface area contributed by atoms with E-state index < -0.39 is 0 Å². The molecule has 0 radical (unpaired) electrons. The molecule has 0 spiro atoms. The van der Waals surface area contributed by atoms with E-state index in [1.54, 1.807) is 19.1 Å². The summed E-state index contributed by atoms with van der Waals surface area (Å²) in [5.74, 6) is 1.16. The molecule has 0 aliphatic rings. The second-order valence-electron chi connectivity index (χ2n) is 4.05. The summed E-state index contributed by atoms with van der Waals surface area (Å²) in [7, 11) is 0. The third kappa shape index (κ3) is 2.61. The Bertz CT molecular complexity index is 605. The van der Waals surface area contributed by atoms with Gasteiger partial charge in [-0.15, -0.1) is 0 Å². The van der Waals surface area contributed by atoms with Gasteiger partial charge in [0.2, 0.25) is 0 Å². The first kappa shape index (κ1) is 12.8. The summed E-state index contributed by atoms with van der Waals surface area (Å²) in [6.45, 7) is 5.43. The zero-order valence-corrected chi connectivity index (χ0v) is 12.0. The first-order chi connectivity index (χ1) is 8.47. The number of furan rings is 1. The number of nitrogens with zero attached hydrogens (tertiary/aromatic N) is 1. The molecule has 1 N–H and O–H groups in total. The minimum atomic E-state index is -0.184. The summed E-state index contributed by atoms with van der Waals surface area (Å²) < 4.78 is 6.08. The summed E-state index contributed by atoms with van der Waals surface area (Å²) in [5.41, 5.74) is 2.01. The summed E-state index contributed by atoms with van der Waals surface area (Å²) in [4.78, 5) is 16.3. The van der Waals surface area contributed by atoms with Crippen LogP contribution in [0, 0.1) is 20.8 Å². The maximum atomic E-state index is 12.1. The third-order valence-electron chi connectivity index (χ3n) is 2.59. The molecule has 2 rings (SSSR count). The van der Waals surface area contributed by atoms with Crippen LogP contribution in [0.2, 0.25) is 0 Å². The number of aryl methyl sites for hydroxylation is 3. The van der Waals surface area contributed by atoms with Gasteiger partial charge in [-0.2, -0.15) is 0 Å². The Morgan fingerprint density at radius 3 is 2.61 bits per heavy atom. The zero-order chi connectivity index (χ0) is 13.3. The van der Waals surface area contributed by atoms with Crippen LogP contribution in [0.15, 0.2) is 27.2 Å². The Morgan fingerprint density at radius 2 is 2.06 bits per heavy atom. The number of amides is 1. The van der Waals surface area contributed by atoms with E-state index >= 15 is 0 Å². The van der Waals surface area contributed by atoms with Crippen LogP contribution in [-0.4, -0.2) is 10.9 Å². The molecular weight excluding hydrogens is 296 g/mol. The highest BCUT2D eigenvalue weighted by Gasteiger charge is 2.14. The van der Waals surface area contributed by atoms with Crippen LogP contribution < -0.4 is 5.32 Å². The van der Waals surface area contributed by atoms with E-state index in [9.17, 15) is 4.79 Å².